The zero-order chi connectivity index (χ0) is 14.4. The molecule has 0 radical (unpaired) electrons. The van der Waals surface area contributed by atoms with Crippen molar-refractivity contribution in [2.75, 3.05) is 18.6 Å². The van der Waals surface area contributed by atoms with Gasteiger partial charge >= 0.3 is 0 Å². The van der Waals surface area contributed by atoms with Gasteiger partial charge in [-0.05, 0) is 19.3 Å². The average Bonchev–Trinajstić information content (AvgIpc) is 2.59. The molecule has 0 spiro atoms. The van der Waals surface area contributed by atoms with Crippen molar-refractivity contribution in [2.45, 2.75) is 44.9 Å². The molecule has 0 aromatic heterocycles. The Hall–Kier alpha value is -1.09. The molecule has 1 aliphatic carbocycles. The Kier molecular flexibility index (Phi) is 5.80. The van der Waals surface area contributed by atoms with Crippen LogP contribution >= 0.6 is 0 Å². The van der Waals surface area contributed by atoms with Crippen molar-refractivity contribution in [3.8, 4) is 6.07 Å². The van der Waals surface area contributed by atoms with E-state index in [0.717, 1.165) is 25.7 Å². The highest BCUT2D eigenvalue weighted by molar-refractivity contribution is 7.90. The van der Waals surface area contributed by atoms with Gasteiger partial charge in [0, 0.05) is 12.8 Å². The Balaban J connectivity index is 2.48. The van der Waals surface area contributed by atoms with Gasteiger partial charge in [0.25, 0.3) is 0 Å². The second-order valence-corrected chi connectivity index (χ2v) is 7.61. The number of rotatable bonds is 5. The number of sulfone groups is 1. The lowest BCUT2D eigenvalue weighted by molar-refractivity contribution is -0.128. The van der Waals surface area contributed by atoms with Crippen molar-refractivity contribution in [3.63, 3.8) is 0 Å². The van der Waals surface area contributed by atoms with Gasteiger partial charge in [0.2, 0.25) is 5.91 Å². The van der Waals surface area contributed by atoms with Gasteiger partial charge in [-0.25, -0.2) is 8.42 Å². The fourth-order valence-corrected chi connectivity index (χ4v) is 3.10. The van der Waals surface area contributed by atoms with Crippen LogP contribution < -0.4 is 5.32 Å². The SMILES string of the molecule is CS(=O)(=O)CCCNC(=O)C1(C#N)CCCCCC1. The second kappa shape index (κ2) is 6.90. The average molecular weight is 286 g/mol. The van der Waals surface area contributed by atoms with Crippen molar-refractivity contribution in [3.05, 3.63) is 0 Å². The maximum atomic E-state index is 12.1. The van der Waals surface area contributed by atoms with E-state index in [-0.39, 0.29) is 11.7 Å². The number of nitrogens with zero attached hydrogens (tertiary/aromatic N) is 1. The molecule has 5 nitrogen and oxygen atoms in total. The third kappa shape index (κ3) is 5.19. The summed E-state index contributed by atoms with van der Waals surface area (Å²) in [6.45, 7) is 0.315. The summed E-state index contributed by atoms with van der Waals surface area (Å²) in [5, 5.41) is 12.0. The summed E-state index contributed by atoms with van der Waals surface area (Å²) < 4.78 is 22.0. The van der Waals surface area contributed by atoms with E-state index in [4.69, 9.17) is 0 Å². The molecule has 0 atom stereocenters. The number of amides is 1. The number of hydrogen-bond acceptors (Lipinski definition) is 4. The molecule has 0 unspecified atom stereocenters. The quantitative estimate of drug-likeness (QED) is 0.611. The minimum atomic E-state index is -2.99. The van der Waals surface area contributed by atoms with Gasteiger partial charge in [-0.15, -0.1) is 0 Å². The Morgan fingerprint density at radius 3 is 2.32 bits per heavy atom. The standard InChI is InChI=1S/C13H22N2O3S/c1-19(17,18)10-6-9-15-12(16)13(11-14)7-4-2-3-5-8-13/h2-10H2,1H3,(H,15,16). The van der Waals surface area contributed by atoms with Gasteiger partial charge in [-0.1, -0.05) is 25.7 Å². The molecule has 0 aromatic carbocycles. The molecule has 108 valence electrons. The highest BCUT2D eigenvalue weighted by atomic mass is 32.2. The Labute approximate surface area is 115 Å². The highest BCUT2D eigenvalue weighted by Gasteiger charge is 2.38. The first kappa shape index (κ1) is 16.0. The van der Waals surface area contributed by atoms with Crippen LogP contribution in [0.15, 0.2) is 0 Å². The molecule has 19 heavy (non-hydrogen) atoms. The lowest BCUT2D eigenvalue weighted by atomic mass is 9.81. The lowest BCUT2D eigenvalue weighted by Crippen LogP contribution is -2.40. The van der Waals surface area contributed by atoms with Gasteiger partial charge in [-0.2, -0.15) is 5.26 Å². The maximum Gasteiger partial charge on any atom is 0.240 e. The minimum Gasteiger partial charge on any atom is -0.355 e. The van der Waals surface area contributed by atoms with Crippen LogP contribution in [0.4, 0.5) is 0 Å². The summed E-state index contributed by atoms with van der Waals surface area (Å²) in [7, 11) is -2.99. The van der Waals surface area contributed by atoms with Crippen LogP contribution in [0.5, 0.6) is 0 Å². The topological polar surface area (TPSA) is 87.0 Å². The second-order valence-electron chi connectivity index (χ2n) is 5.35. The summed E-state index contributed by atoms with van der Waals surface area (Å²) in [6.07, 6.45) is 6.76. The maximum absolute atomic E-state index is 12.1. The molecule has 6 heteroatoms. The third-order valence-corrected chi connectivity index (χ3v) is 4.61. The molecular weight excluding hydrogens is 264 g/mol. The van der Waals surface area contributed by atoms with Gasteiger partial charge in [-0.3, -0.25) is 4.79 Å². The van der Waals surface area contributed by atoms with Crippen LogP contribution in [0.1, 0.15) is 44.9 Å². The first-order chi connectivity index (χ1) is 8.90. The van der Waals surface area contributed by atoms with E-state index in [1.165, 1.54) is 6.26 Å². The fraction of sp³-hybridized carbons (Fsp3) is 0.846. The fourth-order valence-electron chi connectivity index (χ4n) is 2.43. The zero-order valence-electron chi connectivity index (χ0n) is 11.4. The predicted octanol–water partition coefficient (Wildman–Crippen LogP) is 1.40. The first-order valence-electron chi connectivity index (χ1n) is 6.77. The van der Waals surface area contributed by atoms with Crippen molar-refractivity contribution in [1.82, 2.24) is 5.32 Å². The normalized spacial score (nSPS) is 19.2. The monoisotopic (exact) mass is 286 g/mol. The molecule has 1 fully saturated rings. The van der Waals surface area contributed by atoms with E-state index in [1.54, 1.807) is 0 Å². The van der Waals surface area contributed by atoms with E-state index in [2.05, 4.69) is 11.4 Å². The minimum absolute atomic E-state index is 0.0623. The van der Waals surface area contributed by atoms with Crippen LogP contribution in [-0.2, 0) is 14.6 Å². The summed E-state index contributed by atoms with van der Waals surface area (Å²) in [6, 6.07) is 2.18. The Morgan fingerprint density at radius 1 is 1.26 bits per heavy atom. The van der Waals surface area contributed by atoms with Crippen LogP contribution in [0, 0.1) is 16.7 Å². The Morgan fingerprint density at radius 2 is 1.84 bits per heavy atom. The molecule has 1 amide bonds. The molecule has 0 aliphatic heterocycles. The van der Waals surface area contributed by atoms with E-state index in [9.17, 15) is 18.5 Å². The van der Waals surface area contributed by atoms with Gasteiger partial charge in [0.15, 0.2) is 0 Å². The molecule has 0 saturated heterocycles. The number of nitriles is 1. The summed E-state index contributed by atoms with van der Waals surface area (Å²) >= 11 is 0. The summed E-state index contributed by atoms with van der Waals surface area (Å²) in [5.41, 5.74) is -0.901. The van der Waals surface area contributed by atoms with Crippen molar-refractivity contribution >= 4 is 15.7 Å². The van der Waals surface area contributed by atoms with Crippen LogP contribution in [0.25, 0.3) is 0 Å². The van der Waals surface area contributed by atoms with Gasteiger partial charge in [0.1, 0.15) is 15.3 Å². The Bertz CT molecular complexity index is 443. The number of carbonyl (C=O) groups excluding carboxylic acids is 1. The van der Waals surface area contributed by atoms with Gasteiger partial charge < -0.3 is 5.32 Å². The summed E-state index contributed by atoms with van der Waals surface area (Å²) in [4.78, 5) is 12.1. The molecule has 0 heterocycles. The number of carbonyl (C=O) groups is 1. The van der Waals surface area contributed by atoms with Crippen molar-refractivity contribution < 1.29 is 13.2 Å². The number of hydrogen-bond donors (Lipinski definition) is 1. The van der Waals surface area contributed by atoms with Crippen molar-refractivity contribution in [1.29, 1.82) is 5.26 Å². The molecule has 1 N–H and O–H groups in total. The molecular formula is C13H22N2O3S. The van der Waals surface area contributed by atoms with E-state index < -0.39 is 15.3 Å². The molecule has 1 rings (SSSR count). The van der Waals surface area contributed by atoms with Crippen LogP contribution in [0.2, 0.25) is 0 Å². The molecule has 1 aliphatic rings. The first-order valence-corrected chi connectivity index (χ1v) is 8.83. The van der Waals surface area contributed by atoms with Gasteiger partial charge in [0.05, 0.1) is 11.8 Å². The van der Waals surface area contributed by atoms with E-state index >= 15 is 0 Å². The summed E-state index contributed by atoms with van der Waals surface area (Å²) in [5.74, 6) is -0.169. The van der Waals surface area contributed by atoms with E-state index in [1.807, 2.05) is 0 Å². The molecule has 0 aromatic rings. The van der Waals surface area contributed by atoms with Crippen LogP contribution in [-0.4, -0.2) is 32.9 Å². The zero-order valence-corrected chi connectivity index (χ0v) is 12.3. The number of nitrogens with one attached hydrogen (secondary N) is 1. The smallest absolute Gasteiger partial charge is 0.240 e. The van der Waals surface area contributed by atoms with E-state index in [0.29, 0.717) is 25.8 Å². The highest BCUT2D eigenvalue weighted by Crippen LogP contribution is 2.34. The molecule has 1 saturated carbocycles. The predicted molar refractivity (Wildman–Crippen MR) is 73.1 cm³/mol. The van der Waals surface area contributed by atoms with Crippen LogP contribution in [0.3, 0.4) is 0 Å². The largest absolute Gasteiger partial charge is 0.355 e. The van der Waals surface area contributed by atoms with Crippen molar-refractivity contribution in [2.24, 2.45) is 5.41 Å². The lowest BCUT2D eigenvalue weighted by Gasteiger charge is -2.23. The molecule has 0 bridgehead atoms. The third-order valence-electron chi connectivity index (χ3n) is 3.58.